The van der Waals surface area contributed by atoms with E-state index in [1.54, 1.807) is 11.3 Å². The minimum atomic E-state index is 0.0593. The molecular weight excluding hydrogens is 258 g/mol. The number of Topliss-reactive ketones (excluding diaryl/α,β-unsaturated/α-hetero) is 1. The van der Waals surface area contributed by atoms with Gasteiger partial charge in [-0.05, 0) is 12.3 Å². The van der Waals surface area contributed by atoms with Crippen LogP contribution in [0.4, 0.5) is 0 Å². The molecule has 3 nitrogen and oxygen atoms in total. The molecule has 1 fully saturated rings. The van der Waals surface area contributed by atoms with Crippen LogP contribution in [0.1, 0.15) is 44.8 Å². The van der Waals surface area contributed by atoms with Gasteiger partial charge in [0.25, 0.3) is 0 Å². The number of carbonyl (C=O) groups is 1. The van der Waals surface area contributed by atoms with Gasteiger partial charge in [0.1, 0.15) is 10.8 Å². The van der Waals surface area contributed by atoms with Crippen molar-refractivity contribution < 1.29 is 9.53 Å². The molecule has 1 aromatic rings. The zero-order valence-electron chi connectivity index (χ0n) is 12.2. The molecular formula is C15H23NO2S. The third-order valence-electron chi connectivity index (χ3n) is 3.70. The minimum Gasteiger partial charge on any atom is -0.381 e. The second-order valence-corrected chi connectivity index (χ2v) is 7.41. The Bertz CT molecular complexity index is 447. The summed E-state index contributed by atoms with van der Waals surface area (Å²) in [4.78, 5) is 17.0. The Labute approximate surface area is 119 Å². The summed E-state index contributed by atoms with van der Waals surface area (Å²) in [6.07, 6.45) is 1.34. The lowest BCUT2D eigenvalue weighted by Gasteiger charge is -2.27. The summed E-state index contributed by atoms with van der Waals surface area (Å²) in [6.45, 7) is 9.97. The Morgan fingerprint density at radius 1 is 1.53 bits per heavy atom. The molecule has 0 bridgehead atoms. The summed E-state index contributed by atoms with van der Waals surface area (Å²) in [5.41, 5.74) is 1.14. The molecule has 2 rings (SSSR count). The summed E-state index contributed by atoms with van der Waals surface area (Å²) in [6, 6.07) is 0. The van der Waals surface area contributed by atoms with Crippen LogP contribution in [0.3, 0.4) is 0 Å². The van der Waals surface area contributed by atoms with Crippen LogP contribution in [0.15, 0.2) is 5.38 Å². The van der Waals surface area contributed by atoms with Crippen LogP contribution < -0.4 is 0 Å². The van der Waals surface area contributed by atoms with Crippen molar-refractivity contribution in [3.05, 3.63) is 16.1 Å². The molecule has 2 atom stereocenters. The van der Waals surface area contributed by atoms with Gasteiger partial charge in [-0.15, -0.1) is 11.3 Å². The van der Waals surface area contributed by atoms with Gasteiger partial charge in [-0.25, -0.2) is 4.98 Å². The van der Waals surface area contributed by atoms with Crippen molar-refractivity contribution in [1.29, 1.82) is 0 Å². The van der Waals surface area contributed by atoms with E-state index in [1.807, 2.05) is 0 Å². The first kappa shape index (κ1) is 14.7. The fourth-order valence-corrected chi connectivity index (χ4v) is 3.41. The quantitative estimate of drug-likeness (QED) is 0.854. The molecule has 2 unspecified atom stereocenters. The lowest BCUT2D eigenvalue weighted by atomic mass is 9.85. The Morgan fingerprint density at radius 3 is 2.84 bits per heavy atom. The van der Waals surface area contributed by atoms with Gasteiger partial charge in [0, 0.05) is 29.9 Å². The van der Waals surface area contributed by atoms with E-state index in [2.05, 4.69) is 38.1 Å². The summed E-state index contributed by atoms with van der Waals surface area (Å²) in [5, 5.41) is 3.03. The topological polar surface area (TPSA) is 39.2 Å². The smallest absolute Gasteiger partial charge is 0.143 e. The van der Waals surface area contributed by atoms with Gasteiger partial charge in [-0.3, -0.25) is 4.79 Å². The van der Waals surface area contributed by atoms with Crippen LogP contribution in [0.5, 0.6) is 0 Å². The van der Waals surface area contributed by atoms with Gasteiger partial charge in [-0.1, -0.05) is 27.7 Å². The number of hydrogen-bond donors (Lipinski definition) is 0. The number of aromatic nitrogens is 1. The highest BCUT2D eigenvalue weighted by Crippen LogP contribution is 2.27. The van der Waals surface area contributed by atoms with Gasteiger partial charge in [0.2, 0.25) is 0 Å². The number of ketones is 1. The molecule has 0 amide bonds. The molecule has 1 aliphatic heterocycles. The predicted octanol–water partition coefficient (Wildman–Crippen LogP) is 3.22. The highest BCUT2D eigenvalue weighted by atomic mass is 32.1. The normalized spacial score (nSPS) is 24.4. The predicted molar refractivity (Wildman–Crippen MR) is 77.6 cm³/mol. The molecule has 1 aromatic heterocycles. The third-order valence-corrected chi connectivity index (χ3v) is 4.55. The van der Waals surface area contributed by atoms with Crippen LogP contribution in [0.25, 0.3) is 0 Å². The monoisotopic (exact) mass is 281 g/mol. The van der Waals surface area contributed by atoms with E-state index in [1.165, 1.54) is 0 Å². The van der Waals surface area contributed by atoms with Crippen molar-refractivity contribution in [3.8, 4) is 0 Å². The first-order valence-corrected chi connectivity index (χ1v) is 7.81. The lowest BCUT2D eigenvalue weighted by Crippen LogP contribution is -2.32. The summed E-state index contributed by atoms with van der Waals surface area (Å²) in [7, 11) is 0. The molecule has 0 aliphatic carbocycles. The van der Waals surface area contributed by atoms with E-state index in [0.29, 0.717) is 31.3 Å². The largest absolute Gasteiger partial charge is 0.381 e. The molecule has 0 aromatic carbocycles. The number of hydrogen-bond acceptors (Lipinski definition) is 4. The second kappa shape index (κ2) is 5.71. The third kappa shape index (κ3) is 3.63. The number of nitrogens with zero attached hydrogens (tertiary/aromatic N) is 1. The van der Waals surface area contributed by atoms with Gasteiger partial charge in [0.15, 0.2) is 0 Å². The Morgan fingerprint density at radius 2 is 2.26 bits per heavy atom. The number of rotatable bonds is 3. The molecule has 2 heterocycles. The van der Waals surface area contributed by atoms with Gasteiger partial charge < -0.3 is 4.74 Å². The molecule has 0 N–H and O–H groups in total. The first-order chi connectivity index (χ1) is 8.88. The van der Waals surface area contributed by atoms with Crippen molar-refractivity contribution in [2.45, 2.75) is 46.0 Å². The van der Waals surface area contributed by atoms with Crippen LogP contribution in [-0.2, 0) is 21.4 Å². The molecule has 19 heavy (non-hydrogen) atoms. The van der Waals surface area contributed by atoms with E-state index in [9.17, 15) is 4.79 Å². The van der Waals surface area contributed by atoms with Crippen LogP contribution in [-0.4, -0.2) is 24.0 Å². The van der Waals surface area contributed by atoms with Crippen molar-refractivity contribution >= 4 is 17.1 Å². The second-order valence-electron chi connectivity index (χ2n) is 6.47. The zero-order valence-corrected chi connectivity index (χ0v) is 13.0. The maximum absolute atomic E-state index is 12.3. The standard InChI is InChI=1S/C15H23NO2S/c1-10-8-18-6-5-11(10)12(17)7-14-16-13(9-19-14)15(2,3)4/h9-11H,5-8H2,1-4H3. The maximum Gasteiger partial charge on any atom is 0.143 e. The Hall–Kier alpha value is -0.740. The van der Waals surface area contributed by atoms with E-state index < -0.39 is 0 Å². The average Bonchev–Trinajstić information content (AvgIpc) is 2.77. The fraction of sp³-hybridized carbons (Fsp3) is 0.733. The highest BCUT2D eigenvalue weighted by Gasteiger charge is 2.29. The molecule has 1 aliphatic rings. The number of ether oxygens (including phenoxy) is 1. The van der Waals surface area contributed by atoms with Crippen LogP contribution in [0.2, 0.25) is 0 Å². The highest BCUT2D eigenvalue weighted by molar-refractivity contribution is 7.09. The molecule has 4 heteroatoms. The zero-order chi connectivity index (χ0) is 14.0. The summed E-state index contributed by atoms with van der Waals surface area (Å²) >= 11 is 1.61. The number of thiazole rings is 1. The maximum atomic E-state index is 12.3. The molecule has 1 saturated heterocycles. The van der Waals surface area contributed by atoms with Crippen LogP contribution >= 0.6 is 11.3 Å². The minimum absolute atomic E-state index is 0.0593. The summed E-state index contributed by atoms with van der Waals surface area (Å²) < 4.78 is 5.40. The molecule has 0 spiro atoms. The van der Waals surface area contributed by atoms with Crippen molar-refractivity contribution in [3.63, 3.8) is 0 Å². The van der Waals surface area contributed by atoms with E-state index in [-0.39, 0.29) is 11.3 Å². The van der Waals surface area contributed by atoms with Crippen molar-refractivity contribution in [1.82, 2.24) is 4.98 Å². The van der Waals surface area contributed by atoms with Gasteiger partial charge in [0.05, 0.1) is 12.1 Å². The van der Waals surface area contributed by atoms with Crippen LogP contribution in [0, 0.1) is 11.8 Å². The lowest BCUT2D eigenvalue weighted by molar-refractivity contribution is -0.127. The Balaban J connectivity index is 2.00. The molecule has 106 valence electrons. The molecule has 0 saturated carbocycles. The molecule has 0 radical (unpaired) electrons. The van der Waals surface area contributed by atoms with E-state index in [4.69, 9.17) is 4.74 Å². The van der Waals surface area contributed by atoms with Crippen molar-refractivity contribution in [2.75, 3.05) is 13.2 Å². The number of carbonyl (C=O) groups excluding carboxylic acids is 1. The summed E-state index contributed by atoms with van der Waals surface area (Å²) in [5.74, 6) is 0.810. The van der Waals surface area contributed by atoms with Gasteiger partial charge in [-0.2, -0.15) is 0 Å². The fourth-order valence-electron chi connectivity index (χ4n) is 2.38. The van der Waals surface area contributed by atoms with E-state index >= 15 is 0 Å². The Kier molecular flexibility index (Phi) is 4.41. The average molecular weight is 281 g/mol. The van der Waals surface area contributed by atoms with E-state index in [0.717, 1.165) is 17.1 Å². The van der Waals surface area contributed by atoms with Crippen molar-refractivity contribution in [2.24, 2.45) is 11.8 Å². The van der Waals surface area contributed by atoms with Gasteiger partial charge >= 0.3 is 0 Å². The SMILES string of the molecule is CC1COCCC1C(=O)Cc1nc(C(C)(C)C)cs1. The first-order valence-electron chi connectivity index (χ1n) is 6.93.